The average Bonchev–Trinajstić information content (AvgIpc) is 2.15. The maximum atomic E-state index is 13.4. The molecular formula is C9H9FINO4S. The van der Waals surface area contributed by atoms with Crippen molar-refractivity contribution >= 4 is 38.6 Å². The van der Waals surface area contributed by atoms with Gasteiger partial charge < -0.3 is 4.74 Å². The molecule has 1 rings (SSSR count). The van der Waals surface area contributed by atoms with Crippen LogP contribution in [-0.4, -0.2) is 21.0 Å². The lowest BCUT2D eigenvalue weighted by atomic mass is 10.2. The summed E-state index contributed by atoms with van der Waals surface area (Å²) < 4.78 is 40.5. The molecule has 0 spiro atoms. The Balaban J connectivity index is 3.39. The van der Waals surface area contributed by atoms with Gasteiger partial charge in [-0.15, -0.1) is 0 Å². The van der Waals surface area contributed by atoms with Gasteiger partial charge in [0.1, 0.15) is 10.7 Å². The highest BCUT2D eigenvalue weighted by atomic mass is 127. The number of benzene rings is 1. The quantitative estimate of drug-likeness (QED) is 0.639. The van der Waals surface area contributed by atoms with Gasteiger partial charge >= 0.3 is 5.97 Å². The lowest BCUT2D eigenvalue weighted by Gasteiger charge is -2.07. The van der Waals surface area contributed by atoms with Crippen LogP contribution in [0.15, 0.2) is 17.0 Å². The summed E-state index contributed by atoms with van der Waals surface area (Å²) in [6, 6.07) is 1.80. The second-order valence-electron chi connectivity index (χ2n) is 3.03. The summed E-state index contributed by atoms with van der Waals surface area (Å²) >= 11 is 1.71. The fourth-order valence-electron chi connectivity index (χ4n) is 1.11. The highest BCUT2D eigenvalue weighted by molar-refractivity contribution is 14.1. The Labute approximate surface area is 111 Å². The molecule has 94 valence electrons. The molecule has 8 heteroatoms. The number of carbonyl (C=O) groups is 1. The standard InChI is InChI=1S/C9H9FINO4S/c1-2-16-9(13)5-3-8(17(12,14)15)6(10)4-7(5)11/h3-4H,2H2,1H3,(H2,12,14,15). The molecule has 0 amide bonds. The number of rotatable bonds is 3. The third-order valence-corrected chi connectivity index (χ3v) is 3.64. The molecule has 0 aromatic heterocycles. The first kappa shape index (κ1) is 14.3. The fraction of sp³-hybridized carbons (Fsp3) is 0.222. The van der Waals surface area contributed by atoms with E-state index in [1.807, 2.05) is 0 Å². The molecule has 0 fully saturated rings. The number of esters is 1. The van der Waals surface area contributed by atoms with Gasteiger partial charge in [-0.3, -0.25) is 0 Å². The minimum Gasteiger partial charge on any atom is -0.462 e. The first-order valence-corrected chi connectivity index (χ1v) is 7.08. The third kappa shape index (κ3) is 3.36. The molecule has 0 aliphatic heterocycles. The van der Waals surface area contributed by atoms with Crippen LogP contribution in [0.3, 0.4) is 0 Å². The van der Waals surface area contributed by atoms with Gasteiger partial charge in [-0.05, 0) is 41.6 Å². The Kier molecular flexibility index (Phi) is 4.44. The largest absolute Gasteiger partial charge is 0.462 e. The number of ether oxygens (including phenoxy) is 1. The number of hydrogen-bond acceptors (Lipinski definition) is 4. The highest BCUT2D eigenvalue weighted by Gasteiger charge is 2.21. The van der Waals surface area contributed by atoms with Crippen molar-refractivity contribution in [3.05, 3.63) is 27.1 Å². The van der Waals surface area contributed by atoms with E-state index in [0.29, 0.717) is 0 Å². The molecule has 0 heterocycles. The number of sulfonamides is 1. The molecule has 0 aliphatic carbocycles. The van der Waals surface area contributed by atoms with Crippen LogP contribution in [0.25, 0.3) is 0 Å². The maximum absolute atomic E-state index is 13.4. The van der Waals surface area contributed by atoms with Gasteiger partial charge in [-0.1, -0.05) is 0 Å². The Morgan fingerprint density at radius 3 is 2.59 bits per heavy atom. The highest BCUT2D eigenvalue weighted by Crippen LogP contribution is 2.21. The van der Waals surface area contributed by atoms with Gasteiger partial charge in [0.05, 0.1) is 12.2 Å². The minimum absolute atomic E-state index is 0.0297. The summed E-state index contributed by atoms with van der Waals surface area (Å²) in [7, 11) is -4.21. The van der Waals surface area contributed by atoms with E-state index < -0.39 is 26.7 Å². The van der Waals surface area contributed by atoms with Crippen molar-refractivity contribution in [2.45, 2.75) is 11.8 Å². The third-order valence-electron chi connectivity index (χ3n) is 1.82. The average molecular weight is 373 g/mol. The van der Waals surface area contributed by atoms with Crippen molar-refractivity contribution in [2.24, 2.45) is 5.14 Å². The van der Waals surface area contributed by atoms with E-state index in [1.54, 1.807) is 29.5 Å². The molecule has 0 atom stereocenters. The van der Waals surface area contributed by atoms with Crippen LogP contribution in [0.2, 0.25) is 0 Å². The summed E-state index contributed by atoms with van der Waals surface area (Å²) in [5.74, 6) is -1.72. The maximum Gasteiger partial charge on any atom is 0.339 e. The zero-order valence-corrected chi connectivity index (χ0v) is 11.7. The predicted molar refractivity (Wildman–Crippen MR) is 66.4 cm³/mol. The normalized spacial score (nSPS) is 11.3. The molecule has 5 nitrogen and oxygen atoms in total. The topological polar surface area (TPSA) is 86.5 Å². The van der Waals surface area contributed by atoms with Gasteiger partial charge in [0.25, 0.3) is 0 Å². The number of halogens is 2. The van der Waals surface area contributed by atoms with E-state index in [2.05, 4.69) is 0 Å². The van der Waals surface area contributed by atoms with Crippen molar-refractivity contribution in [3.63, 3.8) is 0 Å². The molecule has 17 heavy (non-hydrogen) atoms. The minimum atomic E-state index is -4.21. The molecule has 0 bridgehead atoms. The summed E-state index contributed by atoms with van der Waals surface area (Å²) in [6.07, 6.45) is 0. The zero-order chi connectivity index (χ0) is 13.2. The van der Waals surface area contributed by atoms with Crippen molar-refractivity contribution in [1.82, 2.24) is 0 Å². The van der Waals surface area contributed by atoms with Crippen molar-refractivity contribution in [1.29, 1.82) is 0 Å². The van der Waals surface area contributed by atoms with E-state index in [4.69, 9.17) is 9.88 Å². The van der Waals surface area contributed by atoms with Crippen LogP contribution >= 0.6 is 22.6 Å². The Bertz CT molecular complexity index is 558. The van der Waals surface area contributed by atoms with E-state index in [9.17, 15) is 17.6 Å². The van der Waals surface area contributed by atoms with E-state index >= 15 is 0 Å². The Hall–Kier alpha value is -0.740. The zero-order valence-electron chi connectivity index (χ0n) is 8.74. The summed E-state index contributed by atoms with van der Waals surface area (Å²) in [4.78, 5) is 10.7. The number of primary sulfonamides is 1. The van der Waals surface area contributed by atoms with Crippen molar-refractivity contribution in [3.8, 4) is 0 Å². The van der Waals surface area contributed by atoms with Crippen LogP contribution in [0.4, 0.5) is 4.39 Å². The predicted octanol–water partition coefficient (Wildman–Crippen LogP) is 1.25. The lowest BCUT2D eigenvalue weighted by molar-refractivity contribution is 0.0524. The van der Waals surface area contributed by atoms with Gasteiger partial charge in [0.2, 0.25) is 10.0 Å². The lowest BCUT2D eigenvalue weighted by Crippen LogP contribution is -2.16. The number of hydrogen-bond donors (Lipinski definition) is 1. The second-order valence-corrected chi connectivity index (χ2v) is 5.72. The van der Waals surface area contributed by atoms with Crippen LogP contribution in [0.5, 0.6) is 0 Å². The van der Waals surface area contributed by atoms with E-state index in [0.717, 1.165) is 12.1 Å². The second kappa shape index (κ2) is 5.27. The first-order valence-electron chi connectivity index (χ1n) is 4.46. The Morgan fingerprint density at radius 1 is 1.53 bits per heavy atom. The molecule has 0 aliphatic rings. The summed E-state index contributed by atoms with van der Waals surface area (Å²) in [6.45, 7) is 1.74. The van der Waals surface area contributed by atoms with E-state index in [-0.39, 0.29) is 15.7 Å². The molecule has 2 N–H and O–H groups in total. The molecule has 0 saturated heterocycles. The van der Waals surface area contributed by atoms with Crippen molar-refractivity contribution in [2.75, 3.05) is 6.61 Å². The van der Waals surface area contributed by atoms with Crippen LogP contribution in [0.1, 0.15) is 17.3 Å². The van der Waals surface area contributed by atoms with Gasteiger partial charge in [0, 0.05) is 3.57 Å². The van der Waals surface area contributed by atoms with Crippen LogP contribution in [-0.2, 0) is 14.8 Å². The van der Waals surface area contributed by atoms with Gasteiger partial charge in [-0.2, -0.15) is 0 Å². The molecule has 1 aromatic rings. The van der Waals surface area contributed by atoms with Crippen LogP contribution < -0.4 is 5.14 Å². The number of nitrogens with two attached hydrogens (primary N) is 1. The molecule has 1 aromatic carbocycles. The first-order chi connectivity index (χ1) is 7.77. The summed E-state index contributed by atoms with van der Waals surface area (Å²) in [5, 5.41) is 4.83. The molecular weight excluding hydrogens is 364 g/mol. The smallest absolute Gasteiger partial charge is 0.339 e. The fourth-order valence-corrected chi connectivity index (χ4v) is 2.37. The van der Waals surface area contributed by atoms with Gasteiger partial charge in [0.15, 0.2) is 0 Å². The SMILES string of the molecule is CCOC(=O)c1cc(S(N)(=O)=O)c(F)cc1I. The molecule has 0 radical (unpaired) electrons. The molecule has 0 saturated carbocycles. The van der Waals surface area contributed by atoms with Crippen LogP contribution in [0, 0.1) is 9.39 Å². The Morgan fingerprint density at radius 2 is 2.12 bits per heavy atom. The monoisotopic (exact) mass is 373 g/mol. The molecule has 0 unspecified atom stereocenters. The van der Waals surface area contributed by atoms with Gasteiger partial charge in [-0.25, -0.2) is 22.7 Å². The van der Waals surface area contributed by atoms with E-state index in [1.165, 1.54) is 0 Å². The van der Waals surface area contributed by atoms with Crippen molar-refractivity contribution < 1.29 is 22.3 Å². The summed E-state index contributed by atoms with van der Waals surface area (Å²) in [5.41, 5.74) is -0.0297. The number of carbonyl (C=O) groups excluding carboxylic acids is 1.